The molecule has 2 aromatic rings. The molecule has 5 nitrogen and oxygen atoms in total. The lowest BCUT2D eigenvalue weighted by Gasteiger charge is -2.09. The van der Waals surface area contributed by atoms with Crippen molar-refractivity contribution < 1.29 is 32.6 Å². The Hall–Kier alpha value is -3.03. The van der Waals surface area contributed by atoms with Crippen molar-refractivity contribution in [2.75, 3.05) is 6.54 Å². The Morgan fingerprint density at radius 3 is 1.92 bits per heavy atom. The highest BCUT2D eigenvalue weighted by Gasteiger charge is 2.30. The van der Waals surface area contributed by atoms with Crippen LogP contribution in [0.1, 0.15) is 15.9 Å². The van der Waals surface area contributed by atoms with Crippen LogP contribution in [0.4, 0.5) is 13.2 Å². The molecule has 0 atom stereocenters. The number of carbonyl (C=O) groups excluding carboxylic acids is 1. The molecule has 0 aliphatic rings. The van der Waals surface area contributed by atoms with Gasteiger partial charge in [-0.1, -0.05) is 0 Å². The lowest BCUT2D eigenvalue weighted by atomic mass is 10.2. The summed E-state index contributed by atoms with van der Waals surface area (Å²) in [5, 5.41) is 10.7. The maximum Gasteiger partial charge on any atom is 0.416 e. The molecule has 126 valence electrons. The normalized spacial score (nSPS) is 11.0. The first-order chi connectivity index (χ1) is 11.3. The van der Waals surface area contributed by atoms with E-state index in [9.17, 15) is 22.8 Å². The van der Waals surface area contributed by atoms with Gasteiger partial charge in [0.15, 0.2) is 0 Å². The second kappa shape index (κ2) is 7.03. The topological polar surface area (TPSA) is 75.6 Å². The van der Waals surface area contributed by atoms with Gasteiger partial charge in [-0.25, -0.2) is 0 Å². The predicted molar refractivity (Wildman–Crippen MR) is 77.9 cm³/mol. The first-order valence-electron chi connectivity index (χ1n) is 6.71. The highest BCUT2D eigenvalue weighted by molar-refractivity contribution is 5.95. The molecule has 0 saturated carbocycles. The van der Waals surface area contributed by atoms with Gasteiger partial charge in [-0.15, -0.1) is 0 Å². The van der Waals surface area contributed by atoms with Gasteiger partial charge < -0.3 is 15.2 Å². The summed E-state index contributed by atoms with van der Waals surface area (Å²) in [6.45, 7) is -0.497. The number of halogens is 3. The van der Waals surface area contributed by atoms with E-state index in [2.05, 4.69) is 5.32 Å². The maximum atomic E-state index is 12.5. The smallest absolute Gasteiger partial charge is 0.416 e. The van der Waals surface area contributed by atoms with Gasteiger partial charge in [-0.05, 0) is 48.5 Å². The summed E-state index contributed by atoms with van der Waals surface area (Å²) in [7, 11) is 0. The summed E-state index contributed by atoms with van der Waals surface area (Å²) in [4.78, 5) is 22.0. The van der Waals surface area contributed by atoms with E-state index in [0.717, 1.165) is 12.1 Å². The summed E-state index contributed by atoms with van der Waals surface area (Å²) in [5.74, 6) is -1.18. The van der Waals surface area contributed by atoms with E-state index in [0.29, 0.717) is 5.75 Å². The Labute approximate surface area is 134 Å². The second-order valence-electron chi connectivity index (χ2n) is 4.72. The zero-order chi connectivity index (χ0) is 17.7. The Morgan fingerprint density at radius 1 is 0.958 bits per heavy atom. The quantitative estimate of drug-likeness (QED) is 0.876. The molecule has 24 heavy (non-hydrogen) atoms. The molecule has 0 bridgehead atoms. The third-order valence-corrected chi connectivity index (χ3v) is 2.93. The van der Waals surface area contributed by atoms with Crippen LogP contribution in [-0.4, -0.2) is 23.5 Å². The summed E-state index contributed by atoms with van der Waals surface area (Å²) in [6.07, 6.45) is -4.41. The molecular weight excluding hydrogens is 327 g/mol. The third kappa shape index (κ3) is 4.73. The highest BCUT2D eigenvalue weighted by atomic mass is 19.4. The van der Waals surface area contributed by atoms with Gasteiger partial charge in [-0.2, -0.15) is 13.2 Å². The van der Waals surface area contributed by atoms with Crippen LogP contribution in [0.2, 0.25) is 0 Å². The van der Waals surface area contributed by atoms with E-state index in [1.165, 1.54) is 36.4 Å². The number of carboxylic acids is 1. The van der Waals surface area contributed by atoms with Crippen LogP contribution in [-0.2, 0) is 11.0 Å². The number of rotatable bonds is 5. The number of hydrogen-bond acceptors (Lipinski definition) is 3. The first kappa shape index (κ1) is 17.3. The van der Waals surface area contributed by atoms with Crippen LogP contribution in [0, 0.1) is 0 Å². The largest absolute Gasteiger partial charge is 0.480 e. The fraction of sp³-hybridized carbons (Fsp3) is 0.125. The highest BCUT2D eigenvalue weighted by Crippen LogP contribution is 2.31. The number of benzene rings is 2. The minimum absolute atomic E-state index is 0.214. The van der Waals surface area contributed by atoms with Crippen molar-refractivity contribution in [1.82, 2.24) is 5.32 Å². The molecule has 0 aromatic heterocycles. The zero-order valence-corrected chi connectivity index (χ0v) is 12.1. The number of carbonyl (C=O) groups is 2. The summed E-state index contributed by atoms with van der Waals surface area (Å²) in [5.41, 5.74) is -0.545. The fourth-order valence-corrected chi connectivity index (χ4v) is 1.78. The molecule has 2 rings (SSSR count). The SMILES string of the molecule is O=C(O)CNC(=O)c1ccc(Oc2ccc(C(F)(F)F)cc2)cc1. The Bertz CT molecular complexity index is 724. The second-order valence-corrected chi connectivity index (χ2v) is 4.72. The molecule has 0 spiro atoms. The molecule has 2 aromatic carbocycles. The van der Waals surface area contributed by atoms with Crippen LogP contribution < -0.4 is 10.1 Å². The number of aliphatic carboxylic acids is 1. The minimum atomic E-state index is -4.41. The number of nitrogens with one attached hydrogen (secondary N) is 1. The molecule has 0 saturated heterocycles. The van der Waals surface area contributed by atoms with E-state index in [1.54, 1.807) is 0 Å². The Morgan fingerprint density at radius 2 is 1.46 bits per heavy atom. The van der Waals surface area contributed by atoms with Crippen molar-refractivity contribution in [3.8, 4) is 11.5 Å². The van der Waals surface area contributed by atoms with Crippen molar-refractivity contribution >= 4 is 11.9 Å². The zero-order valence-electron chi connectivity index (χ0n) is 12.1. The van der Waals surface area contributed by atoms with E-state index < -0.39 is 30.2 Å². The van der Waals surface area contributed by atoms with Crippen molar-refractivity contribution in [3.63, 3.8) is 0 Å². The number of ether oxygens (including phenoxy) is 1. The van der Waals surface area contributed by atoms with E-state index in [-0.39, 0.29) is 11.3 Å². The summed E-state index contributed by atoms with van der Waals surface area (Å²) >= 11 is 0. The molecule has 1 amide bonds. The number of alkyl halides is 3. The van der Waals surface area contributed by atoms with Gasteiger partial charge in [0, 0.05) is 5.56 Å². The maximum absolute atomic E-state index is 12.5. The van der Waals surface area contributed by atoms with Gasteiger partial charge in [0.2, 0.25) is 0 Å². The molecule has 0 aliphatic carbocycles. The molecular formula is C16H12F3NO4. The standard InChI is InChI=1S/C16H12F3NO4/c17-16(18,19)11-3-7-13(8-4-11)24-12-5-1-10(2-6-12)15(23)20-9-14(21)22/h1-8H,9H2,(H,20,23)(H,21,22). The van der Waals surface area contributed by atoms with Crippen molar-refractivity contribution in [2.24, 2.45) is 0 Å². The molecule has 0 unspecified atom stereocenters. The molecule has 0 fully saturated rings. The summed E-state index contributed by atoms with van der Waals surface area (Å²) < 4.78 is 42.8. The fourth-order valence-electron chi connectivity index (χ4n) is 1.78. The number of carboxylic acid groups (broad SMARTS) is 1. The van der Waals surface area contributed by atoms with Crippen molar-refractivity contribution in [3.05, 3.63) is 59.7 Å². The molecule has 2 N–H and O–H groups in total. The first-order valence-corrected chi connectivity index (χ1v) is 6.71. The van der Waals surface area contributed by atoms with Gasteiger partial charge in [-0.3, -0.25) is 9.59 Å². The van der Waals surface area contributed by atoms with E-state index in [4.69, 9.17) is 9.84 Å². The molecule has 8 heteroatoms. The van der Waals surface area contributed by atoms with Crippen molar-refractivity contribution in [2.45, 2.75) is 6.18 Å². The minimum Gasteiger partial charge on any atom is -0.480 e. The van der Waals surface area contributed by atoms with Crippen LogP contribution in [0.5, 0.6) is 11.5 Å². The molecule has 0 aliphatic heterocycles. The Balaban J connectivity index is 2.01. The monoisotopic (exact) mass is 339 g/mol. The van der Waals surface area contributed by atoms with Crippen molar-refractivity contribution in [1.29, 1.82) is 0 Å². The molecule has 0 heterocycles. The summed E-state index contributed by atoms with van der Waals surface area (Å²) in [6, 6.07) is 9.92. The average molecular weight is 339 g/mol. The van der Waals surface area contributed by atoms with Gasteiger partial charge in [0.05, 0.1) is 5.56 Å². The Kier molecular flexibility index (Phi) is 5.08. The van der Waals surface area contributed by atoms with Crippen LogP contribution >= 0.6 is 0 Å². The van der Waals surface area contributed by atoms with E-state index in [1.807, 2.05) is 0 Å². The van der Waals surface area contributed by atoms with Gasteiger partial charge >= 0.3 is 12.1 Å². The van der Waals surface area contributed by atoms with E-state index >= 15 is 0 Å². The lowest BCUT2D eigenvalue weighted by Crippen LogP contribution is -2.29. The number of hydrogen-bond donors (Lipinski definition) is 2. The third-order valence-electron chi connectivity index (χ3n) is 2.93. The van der Waals surface area contributed by atoms with Crippen LogP contribution in [0.15, 0.2) is 48.5 Å². The van der Waals surface area contributed by atoms with Gasteiger partial charge in [0.25, 0.3) is 5.91 Å². The number of amides is 1. The lowest BCUT2D eigenvalue weighted by molar-refractivity contribution is -0.138. The molecule has 0 radical (unpaired) electrons. The average Bonchev–Trinajstić information content (AvgIpc) is 2.53. The predicted octanol–water partition coefficient (Wildman–Crippen LogP) is 3.31. The van der Waals surface area contributed by atoms with Gasteiger partial charge in [0.1, 0.15) is 18.0 Å². The van der Waals surface area contributed by atoms with Crippen LogP contribution in [0.3, 0.4) is 0 Å². The van der Waals surface area contributed by atoms with Crippen LogP contribution in [0.25, 0.3) is 0 Å².